The molecule has 0 N–H and O–H groups in total. The van der Waals surface area contributed by atoms with Crippen LogP contribution in [0.5, 0.6) is 0 Å². The molecular weight excluding hydrogens is 580 g/mol. The van der Waals surface area contributed by atoms with Crippen LogP contribution in [0.1, 0.15) is 56.7 Å². The predicted octanol–water partition coefficient (Wildman–Crippen LogP) is 3.25. The van der Waals surface area contributed by atoms with Crippen LogP contribution in [0.15, 0.2) is 35.4 Å². The van der Waals surface area contributed by atoms with E-state index in [1.807, 2.05) is 12.1 Å². The molecule has 2 aromatic heterocycles. The molecule has 2 aliphatic carbocycles. The van der Waals surface area contributed by atoms with Crippen LogP contribution in [0.2, 0.25) is 0 Å². The maximum atomic E-state index is 10.4. The smallest absolute Gasteiger partial charge is 0.164 e. The van der Waals surface area contributed by atoms with Gasteiger partial charge in [-0.15, -0.1) is 0 Å². The van der Waals surface area contributed by atoms with E-state index < -0.39 is 11.1 Å². The van der Waals surface area contributed by atoms with Crippen molar-refractivity contribution in [3.63, 3.8) is 0 Å². The van der Waals surface area contributed by atoms with Gasteiger partial charge in [0.15, 0.2) is 11.6 Å². The second kappa shape index (κ2) is 11.3. The minimum atomic E-state index is -0.485. The topological polar surface area (TPSA) is 289 Å². The lowest BCUT2D eigenvalue weighted by Gasteiger charge is -2.10. The maximum absolute atomic E-state index is 10.4. The zero-order valence-corrected chi connectivity index (χ0v) is 22.6. The first-order chi connectivity index (χ1) is 22.4. The highest BCUT2D eigenvalue weighted by Crippen LogP contribution is 2.53. The number of benzene rings is 1. The van der Waals surface area contributed by atoms with Crippen LogP contribution in [-0.4, -0.2) is 19.9 Å². The Morgan fingerprint density at radius 3 is 0.935 bits per heavy atom. The quantitative estimate of drug-likeness (QED) is 0.390. The standard InChI is InChI=1S/C32H4N14/c33-5-15(6-34)27-23-4-22-24(3-21(23)25(13-41)29(27)31-43-17(9-37)1-18(10-38)44-31)28(16(7-35)8-36)30(26(22)14-42)32-45-19(11-39)2-20(12-40)46-32/h1-4H. The number of rotatable bonds is 2. The first-order valence-electron chi connectivity index (χ1n) is 12.3. The van der Waals surface area contributed by atoms with Crippen molar-refractivity contribution in [1.29, 1.82) is 52.6 Å². The summed E-state index contributed by atoms with van der Waals surface area (Å²) in [6.07, 6.45) is 0. The molecule has 202 valence electrons. The van der Waals surface area contributed by atoms with Crippen molar-refractivity contribution < 1.29 is 0 Å². The molecule has 2 aliphatic rings. The lowest BCUT2D eigenvalue weighted by atomic mass is 9.91. The Morgan fingerprint density at radius 1 is 0.391 bits per heavy atom. The molecule has 0 saturated carbocycles. The van der Waals surface area contributed by atoms with Gasteiger partial charge in [-0.05, 0) is 23.3 Å². The summed E-state index contributed by atoms with van der Waals surface area (Å²) >= 11 is 0. The molecule has 0 radical (unpaired) electrons. The number of fused-ring (bicyclic) bond motifs is 2. The fourth-order valence-corrected chi connectivity index (χ4v) is 5.04. The van der Waals surface area contributed by atoms with Crippen molar-refractivity contribution in [1.82, 2.24) is 19.9 Å². The van der Waals surface area contributed by atoms with E-state index in [0.717, 1.165) is 12.1 Å². The van der Waals surface area contributed by atoms with Gasteiger partial charge >= 0.3 is 0 Å². The summed E-state index contributed by atoms with van der Waals surface area (Å²) in [5.74, 6) is -0.594. The molecule has 0 saturated heterocycles. The van der Waals surface area contributed by atoms with Crippen molar-refractivity contribution in [3.05, 3.63) is 92.1 Å². The molecule has 0 amide bonds. The van der Waals surface area contributed by atoms with E-state index in [0.29, 0.717) is 0 Å². The SMILES string of the molecule is N#CC(C#N)=C1C(c2nc(C#N)cc(C#N)n2)=C(C#N)c2cc3c(cc21)C(C#N)=C(c1nc(C#N)cc(C#N)n1)C3=C(C#N)C#N. The number of nitrogens with zero attached hydrogens (tertiary/aromatic N) is 14. The summed E-state index contributed by atoms with van der Waals surface area (Å²) in [6.45, 7) is 0. The lowest BCUT2D eigenvalue weighted by molar-refractivity contribution is 1.08. The van der Waals surface area contributed by atoms with Crippen LogP contribution < -0.4 is 0 Å². The van der Waals surface area contributed by atoms with Gasteiger partial charge in [-0.2, -0.15) is 52.6 Å². The summed E-state index contributed by atoms with van der Waals surface area (Å²) in [5.41, 5.74) is -2.36. The maximum Gasteiger partial charge on any atom is 0.164 e. The van der Waals surface area contributed by atoms with Gasteiger partial charge in [-0.3, -0.25) is 0 Å². The van der Waals surface area contributed by atoms with E-state index in [-0.39, 0.29) is 90.1 Å². The van der Waals surface area contributed by atoms with Crippen molar-refractivity contribution in [2.45, 2.75) is 0 Å². The highest BCUT2D eigenvalue weighted by molar-refractivity contribution is 6.29. The molecule has 2 heterocycles. The molecule has 46 heavy (non-hydrogen) atoms. The predicted molar refractivity (Wildman–Crippen MR) is 151 cm³/mol. The second-order valence-corrected chi connectivity index (χ2v) is 8.99. The van der Waals surface area contributed by atoms with Gasteiger partial charge in [0.05, 0.1) is 11.1 Å². The highest BCUT2D eigenvalue weighted by Gasteiger charge is 2.39. The normalized spacial score (nSPS) is 11.9. The fourth-order valence-electron chi connectivity index (χ4n) is 5.04. The van der Waals surface area contributed by atoms with Gasteiger partial charge in [0.25, 0.3) is 0 Å². The summed E-state index contributed by atoms with van der Waals surface area (Å²) < 4.78 is 0. The molecule has 0 aliphatic heterocycles. The van der Waals surface area contributed by atoms with Crippen LogP contribution in [0, 0.1) is 113 Å². The van der Waals surface area contributed by atoms with Gasteiger partial charge < -0.3 is 0 Å². The van der Waals surface area contributed by atoms with Crippen LogP contribution in [0.4, 0.5) is 0 Å². The van der Waals surface area contributed by atoms with Crippen LogP contribution >= 0.6 is 0 Å². The Bertz CT molecular complexity index is 2300. The summed E-state index contributed by atoms with van der Waals surface area (Å²) in [4.78, 5) is 16.5. The van der Waals surface area contributed by atoms with E-state index in [4.69, 9.17) is 0 Å². The number of allylic oxidation sites excluding steroid dienone is 8. The molecule has 1 aromatic carbocycles. The Morgan fingerprint density at radius 2 is 0.696 bits per heavy atom. The van der Waals surface area contributed by atoms with Gasteiger partial charge in [0.2, 0.25) is 0 Å². The summed E-state index contributed by atoms with van der Waals surface area (Å²) in [7, 11) is 0. The third-order valence-electron chi connectivity index (χ3n) is 6.76. The highest BCUT2D eigenvalue weighted by atomic mass is 14.9. The summed E-state index contributed by atoms with van der Waals surface area (Å²) in [5, 5.41) is 98.3. The van der Waals surface area contributed by atoms with E-state index in [1.54, 1.807) is 48.6 Å². The third-order valence-corrected chi connectivity index (χ3v) is 6.76. The van der Waals surface area contributed by atoms with Crippen LogP contribution in [-0.2, 0) is 0 Å². The first-order valence-corrected chi connectivity index (χ1v) is 12.3. The average Bonchev–Trinajstić information content (AvgIpc) is 3.59. The van der Waals surface area contributed by atoms with E-state index in [9.17, 15) is 52.6 Å². The Kier molecular flexibility index (Phi) is 7.04. The molecule has 0 atom stereocenters. The second-order valence-electron chi connectivity index (χ2n) is 8.99. The zero-order valence-electron chi connectivity index (χ0n) is 22.6. The first kappa shape index (κ1) is 28.8. The fraction of sp³-hybridized carbons (Fsp3) is 0. The molecule has 5 rings (SSSR count). The van der Waals surface area contributed by atoms with Crippen LogP contribution in [0.3, 0.4) is 0 Å². The molecule has 0 spiro atoms. The molecule has 0 fully saturated rings. The third kappa shape index (κ3) is 4.19. The van der Waals surface area contributed by atoms with Crippen molar-refractivity contribution in [2.75, 3.05) is 0 Å². The van der Waals surface area contributed by atoms with Gasteiger partial charge in [-0.25, -0.2) is 19.9 Å². The number of aromatic nitrogens is 4. The molecular formula is C32H4N14. The Labute approximate surface area is 258 Å². The number of nitriles is 10. The van der Waals surface area contributed by atoms with Gasteiger partial charge in [0.1, 0.15) is 94.6 Å². The molecule has 0 bridgehead atoms. The van der Waals surface area contributed by atoms with E-state index in [1.165, 1.54) is 12.1 Å². The Balaban J connectivity index is 1.96. The van der Waals surface area contributed by atoms with Gasteiger partial charge in [-0.1, -0.05) is 0 Å². The van der Waals surface area contributed by atoms with Crippen LogP contribution in [0.25, 0.3) is 33.4 Å². The van der Waals surface area contributed by atoms with Crippen molar-refractivity contribution in [2.24, 2.45) is 0 Å². The zero-order chi connectivity index (χ0) is 33.1. The molecule has 3 aromatic rings. The van der Waals surface area contributed by atoms with Crippen molar-refractivity contribution in [3.8, 4) is 60.7 Å². The van der Waals surface area contributed by atoms with E-state index in [2.05, 4.69) is 19.9 Å². The monoisotopic (exact) mass is 584 g/mol. The minimum absolute atomic E-state index is 0.0920. The number of hydrogen-bond donors (Lipinski definition) is 0. The van der Waals surface area contributed by atoms with Crippen molar-refractivity contribution >= 4 is 33.4 Å². The van der Waals surface area contributed by atoms with Gasteiger partial charge in [0, 0.05) is 45.6 Å². The average molecular weight is 584 g/mol. The molecule has 14 nitrogen and oxygen atoms in total. The van der Waals surface area contributed by atoms with E-state index >= 15 is 0 Å². The molecule has 0 unspecified atom stereocenters. The summed E-state index contributed by atoms with van der Waals surface area (Å²) in [6, 6.07) is 23.2. The largest absolute Gasteiger partial charge is 0.217 e. The lowest BCUT2D eigenvalue weighted by Crippen LogP contribution is -2.01. The number of hydrogen-bond acceptors (Lipinski definition) is 14. The minimum Gasteiger partial charge on any atom is -0.217 e. The Hall–Kier alpha value is -8.76. The molecule has 14 heteroatoms.